The Kier molecular flexibility index (Phi) is 12.4. The summed E-state index contributed by atoms with van der Waals surface area (Å²) in [6.45, 7) is 20.9. The Bertz CT molecular complexity index is 238. The SMILES string of the molecule is C=C[Si](CC)(N(CCC)CCCC)N(CCC)CCCC. The molecule has 0 aromatic carbocycles. The van der Waals surface area contributed by atoms with Crippen LogP contribution in [0.4, 0.5) is 0 Å². The highest BCUT2D eigenvalue weighted by molar-refractivity contribution is 6.79. The van der Waals surface area contributed by atoms with Crippen molar-refractivity contribution in [2.24, 2.45) is 0 Å². The molecule has 0 fully saturated rings. The molecule has 0 bridgehead atoms. The highest BCUT2D eigenvalue weighted by atomic mass is 28.3. The summed E-state index contributed by atoms with van der Waals surface area (Å²) in [4.78, 5) is 0. The molecule has 0 saturated heterocycles. The zero-order chi connectivity index (χ0) is 16.1. The second-order valence-electron chi connectivity index (χ2n) is 6.12. The van der Waals surface area contributed by atoms with Crippen molar-refractivity contribution in [1.29, 1.82) is 0 Å². The van der Waals surface area contributed by atoms with Crippen LogP contribution in [0.3, 0.4) is 0 Å². The lowest BCUT2D eigenvalue weighted by molar-refractivity contribution is 0.316. The zero-order valence-electron chi connectivity index (χ0n) is 15.5. The van der Waals surface area contributed by atoms with E-state index in [2.05, 4.69) is 56.0 Å². The molecule has 0 aliphatic rings. The molecule has 0 aliphatic carbocycles. The van der Waals surface area contributed by atoms with Crippen LogP contribution in [0, 0.1) is 0 Å². The van der Waals surface area contributed by atoms with Crippen LogP contribution in [0.2, 0.25) is 6.04 Å². The lowest BCUT2D eigenvalue weighted by Gasteiger charge is -2.47. The van der Waals surface area contributed by atoms with Crippen LogP contribution in [-0.4, -0.2) is 43.7 Å². The van der Waals surface area contributed by atoms with E-state index in [4.69, 9.17) is 0 Å². The minimum Gasteiger partial charge on any atom is -0.308 e. The Morgan fingerprint density at radius 1 is 0.714 bits per heavy atom. The molecule has 3 heteroatoms. The molecule has 0 heterocycles. The number of unbranched alkanes of at least 4 members (excludes halogenated alkanes) is 2. The highest BCUT2D eigenvalue weighted by Gasteiger charge is 2.40. The van der Waals surface area contributed by atoms with Gasteiger partial charge in [-0.25, -0.2) is 0 Å². The molecule has 0 unspecified atom stereocenters. The van der Waals surface area contributed by atoms with Crippen molar-refractivity contribution in [1.82, 2.24) is 9.13 Å². The first-order chi connectivity index (χ1) is 10.2. The van der Waals surface area contributed by atoms with Crippen molar-refractivity contribution in [2.45, 2.75) is 79.2 Å². The van der Waals surface area contributed by atoms with Crippen molar-refractivity contribution >= 4 is 8.40 Å². The second kappa shape index (κ2) is 12.4. The Morgan fingerprint density at radius 3 is 1.38 bits per heavy atom. The Morgan fingerprint density at radius 2 is 1.14 bits per heavy atom. The number of hydrogen-bond acceptors (Lipinski definition) is 2. The van der Waals surface area contributed by atoms with Crippen LogP contribution in [0.1, 0.15) is 73.1 Å². The summed E-state index contributed by atoms with van der Waals surface area (Å²) in [5, 5.41) is 0. The molecule has 0 N–H and O–H groups in total. The summed E-state index contributed by atoms with van der Waals surface area (Å²) < 4.78 is 5.66. The van der Waals surface area contributed by atoms with Gasteiger partial charge in [0.2, 0.25) is 8.40 Å². The van der Waals surface area contributed by atoms with Gasteiger partial charge >= 0.3 is 0 Å². The molecule has 0 spiro atoms. The van der Waals surface area contributed by atoms with Gasteiger partial charge in [0.05, 0.1) is 0 Å². The first kappa shape index (κ1) is 20.9. The third kappa shape index (κ3) is 6.25. The van der Waals surface area contributed by atoms with E-state index in [0.29, 0.717) is 0 Å². The highest BCUT2D eigenvalue weighted by Crippen LogP contribution is 2.24. The Labute approximate surface area is 135 Å². The fourth-order valence-corrected chi connectivity index (χ4v) is 7.70. The third-order valence-electron chi connectivity index (χ3n) is 4.49. The molecule has 0 rings (SSSR count). The average molecular weight is 313 g/mol. The number of nitrogens with zero attached hydrogens (tertiary/aromatic N) is 2. The van der Waals surface area contributed by atoms with Crippen LogP contribution in [-0.2, 0) is 0 Å². The largest absolute Gasteiger partial charge is 0.308 e. The van der Waals surface area contributed by atoms with Gasteiger partial charge in [-0.15, -0.1) is 6.58 Å². The maximum absolute atomic E-state index is 4.30. The quantitative estimate of drug-likeness (QED) is 0.407. The monoisotopic (exact) mass is 312 g/mol. The van der Waals surface area contributed by atoms with E-state index in [1.807, 2.05) is 0 Å². The number of rotatable bonds is 14. The van der Waals surface area contributed by atoms with Crippen molar-refractivity contribution in [2.75, 3.05) is 26.2 Å². The van der Waals surface area contributed by atoms with Gasteiger partial charge in [-0.05, 0) is 57.9 Å². The van der Waals surface area contributed by atoms with Gasteiger partial charge in [0, 0.05) is 0 Å². The standard InChI is InChI=1S/C18H40N2Si/c1-7-13-17-19(15-9-3)21(11-5,12-6)20(16-10-4)18-14-8-2/h11H,5,7-10,12-18H2,1-4,6H3. The maximum atomic E-state index is 4.30. The molecule has 0 atom stereocenters. The topological polar surface area (TPSA) is 6.48 Å². The third-order valence-corrected chi connectivity index (χ3v) is 9.27. The lowest BCUT2D eigenvalue weighted by Crippen LogP contribution is -2.65. The van der Waals surface area contributed by atoms with Gasteiger partial charge in [-0.1, -0.05) is 53.2 Å². The van der Waals surface area contributed by atoms with E-state index < -0.39 is 8.40 Å². The summed E-state index contributed by atoms with van der Waals surface area (Å²) in [6.07, 6.45) is 7.70. The van der Waals surface area contributed by atoms with Crippen LogP contribution in [0.5, 0.6) is 0 Å². The average Bonchev–Trinajstić information content (AvgIpc) is 2.51. The molecular formula is C18H40N2Si. The number of hydrogen-bond donors (Lipinski definition) is 0. The normalized spacial score (nSPS) is 12.3. The van der Waals surface area contributed by atoms with Crippen molar-refractivity contribution in [3.63, 3.8) is 0 Å². The molecule has 0 amide bonds. The van der Waals surface area contributed by atoms with E-state index in [1.54, 1.807) is 0 Å². The van der Waals surface area contributed by atoms with E-state index in [0.717, 1.165) is 0 Å². The first-order valence-electron chi connectivity index (χ1n) is 9.30. The predicted octanol–water partition coefficient (Wildman–Crippen LogP) is 5.20. The summed E-state index contributed by atoms with van der Waals surface area (Å²) in [5.74, 6) is 0. The van der Waals surface area contributed by atoms with Crippen LogP contribution in [0.25, 0.3) is 0 Å². The molecule has 0 aromatic heterocycles. The van der Waals surface area contributed by atoms with E-state index >= 15 is 0 Å². The van der Waals surface area contributed by atoms with Gasteiger partial charge in [-0.3, -0.25) is 0 Å². The van der Waals surface area contributed by atoms with Crippen LogP contribution < -0.4 is 0 Å². The Hall–Kier alpha value is -0.123. The molecule has 21 heavy (non-hydrogen) atoms. The summed E-state index contributed by atoms with van der Waals surface area (Å²) >= 11 is 0. The van der Waals surface area contributed by atoms with Crippen molar-refractivity contribution < 1.29 is 0 Å². The molecule has 0 aromatic rings. The fourth-order valence-electron chi connectivity index (χ4n) is 3.29. The van der Waals surface area contributed by atoms with E-state index in [1.165, 1.54) is 70.7 Å². The zero-order valence-corrected chi connectivity index (χ0v) is 16.5. The lowest BCUT2D eigenvalue weighted by atomic mass is 10.3. The minimum absolute atomic E-state index is 1.23. The predicted molar refractivity (Wildman–Crippen MR) is 100.0 cm³/mol. The smallest absolute Gasteiger partial charge is 0.231 e. The van der Waals surface area contributed by atoms with E-state index in [-0.39, 0.29) is 0 Å². The van der Waals surface area contributed by atoms with Crippen molar-refractivity contribution in [3.8, 4) is 0 Å². The summed E-state index contributed by atoms with van der Waals surface area (Å²) in [6, 6.07) is 1.27. The molecule has 0 radical (unpaired) electrons. The summed E-state index contributed by atoms with van der Waals surface area (Å²) in [7, 11) is -1.69. The van der Waals surface area contributed by atoms with Crippen molar-refractivity contribution in [3.05, 3.63) is 12.3 Å². The van der Waals surface area contributed by atoms with Gasteiger partial charge in [0.15, 0.2) is 0 Å². The maximum Gasteiger partial charge on any atom is 0.231 e. The van der Waals surface area contributed by atoms with Gasteiger partial charge in [0.25, 0.3) is 0 Å². The second-order valence-corrected chi connectivity index (χ2v) is 10.3. The summed E-state index contributed by atoms with van der Waals surface area (Å²) in [5.41, 5.74) is 2.36. The van der Waals surface area contributed by atoms with Gasteiger partial charge in [0.1, 0.15) is 0 Å². The molecule has 2 nitrogen and oxygen atoms in total. The van der Waals surface area contributed by atoms with E-state index in [9.17, 15) is 0 Å². The van der Waals surface area contributed by atoms with Gasteiger partial charge in [-0.2, -0.15) is 0 Å². The van der Waals surface area contributed by atoms with Gasteiger partial charge < -0.3 is 9.13 Å². The first-order valence-corrected chi connectivity index (χ1v) is 11.5. The van der Waals surface area contributed by atoms with Crippen LogP contribution in [0.15, 0.2) is 12.3 Å². The Balaban J connectivity index is 5.29. The fraction of sp³-hybridized carbons (Fsp3) is 0.889. The molecule has 0 saturated carbocycles. The van der Waals surface area contributed by atoms with Crippen LogP contribution >= 0.6 is 0 Å². The molecule has 126 valence electrons. The minimum atomic E-state index is -1.69. The molecule has 0 aliphatic heterocycles. The molecular weight excluding hydrogens is 272 g/mol.